The highest BCUT2D eigenvalue weighted by atomic mass is 19.3. The zero-order chi connectivity index (χ0) is 13.0. The summed E-state index contributed by atoms with van der Waals surface area (Å²) in [6, 6.07) is 1.32. The minimum absolute atomic E-state index is 0.0979. The number of hydrogen-bond acceptors (Lipinski definition) is 4. The fraction of sp³-hybridized carbons (Fsp3) is 0.455. The molecule has 4 nitrogen and oxygen atoms in total. The van der Waals surface area contributed by atoms with Crippen molar-refractivity contribution in [1.82, 2.24) is 4.98 Å². The molecule has 1 aromatic heterocycles. The highest BCUT2D eigenvalue weighted by Gasteiger charge is 2.19. The van der Waals surface area contributed by atoms with Crippen LogP contribution in [0.4, 0.5) is 8.78 Å². The third-order valence-electron chi connectivity index (χ3n) is 2.25. The lowest BCUT2D eigenvalue weighted by Gasteiger charge is -2.11. The molecule has 94 valence electrons. The Labute approximate surface area is 97.8 Å². The molecule has 2 N–H and O–H groups in total. The Morgan fingerprint density at radius 3 is 2.71 bits per heavy atom. The summed E-state index contributed by atoms with van der Waals surface area (Å²) in [5.41, 5.74) is 5.54. The second-order valence-electron chi connectivity index (χ2n) is 3.39. The molecule has 6 heteroatoms. The van der Waals surface area contributed by atoms with Crippen LogP contribution in [0.1, 0.15) is 40.7 Å². The number of nitrogens with two attached hydrogens (primary N) is 1. The number of hydrogen-bond donors (Lipinski definition) is 1. The predicted molar refractivity (Wildman–Crippen MR) is 57.8 cm³/mol. The number of nitrogens with zero attached hydrogens (tertiary/aromatic N) is 1. The number of carbonyl (C=O) groups is 1. The van der Waals surface area contributed by atoms with Crippen LogP contribution in [0, 0.1) is 6.92 Å². The van der Waals surface area contributed by atoms with Gasteiger partial charge in [-0.3, -0.25) is 4.98 Å². The number of pyridine rings is 1. The molecule has 1 heterocycles. The van der Waals surface area contributed by atoms with Gasteiger partial charge in [0.25, 0.3) is 6.43 Å². The average Bonchev–Trinajstić information content (AvgIpc) is 2.28. The fourth-order valence-corrected chi connectivity index (χ4v) is 1.43. The van der Waals surface area contributed by atoms with Crippen LogP contribution in [0.5, 0.6) is 0 Å². The van der Waals surface area contributed by atoms with E-state index in [-0.39, 0.29) is 35.7 Å². The van der Waals surface area contributed by atoms with Gasteiger partial charge in [0.15, 0.2) is 0 Å². The van der Waals surface area contributed by atoms with Gasteiger partial charge in [0.05, 0.1) is 17.9 Å². The summed E-state index contributed by atoms with van der Waals surface area (Å²) >= 11 is 0. The first-order chi connectivity index (χ1) is 8.01. The first-order valence-electron chi connectivity index (χ1n) is 5.17. The molecule has 0 aliphatic rings. The Balaban J connectivity index is 3.22. The van der Waals surface area contributed by atoms with Gasteiger partial charge < -0.3 is 10.5 Å². The number of alkyl halides is 2. The molecule has 0 bridgehead atoms. The van der Waals surface area contributed by atoms with Gasteiger partial charge in [-0.05, 0) is 25.5 Å². The first-order valence-corrected chi connectivity index (χ1v) is 5.17. The number of aryl methyl sites for hydroxylation is 1. The molecule has 17 heavy (non-hydrogen) atoms. The van der Waals surface area contributed by atoms with E-state index in [1.807, 2.05) is 0 Å². The van der Waals surface area contributed by atoms with Crippen molar-refractivity contribution in [3.63, 3.8) is 0 Å². The quantitative estimate of drug-likeness (QED) is 0.822. The summed E-state index contributed by atoms with van der Waals surface area (Å²) in [5, 5.41) is 0. The molecule has 0 aromatic carbocycles. The highest BCUT2D eigenvalue weighted by molar-refractivity contribution is 5.90. The molecule has 0 spiro atoms. The number of rotatable bonds is 4. The van der Waals surface area contributed by atoms with Crippen molar-refractivity contribution in [1.29, 1.82) is 0 Å². The van der Waals surface area contributed by atoms with E-state index in [0.717, 1.165) is 0 Å². The number of carbonyl (C=O) groups excluding carboxylic acids is 1. The van der Waals surface area contributed by atoms with Gasteiger partial charge in [-0.25, -0.2) is 13.6 Å². The van der Waals surface area contributed by atoms with E-state index in [2.05, 4.69) is 4.98 Å². The third kappa shape index (κ3) is 2.97. The van der Waals surface area contributed by atoms with Gasteiger partial charge in [-0.15, -0.1) is 0 Å². The van der Waals surface area contributed by atoms with Crippen LogP contribution in [0.2, 0.25) is 0 Å². The summed E-state index contributed by atoms with van der Waals surface area (Å²) in [6.07, 6.45) is -2.71. The van der Waals surface area contributed by atoms with Crippen molar-refractivity contribution in [2.45, 2.75) is 26.8 Å². The van der Waals surface area contributed by atoms with E-state index >= 15 is 0 Å². The Morgan fingerprint density at radius 1 is 1.59 bits per heavy atom. The molecule has 1 aromatic rings. The van der Waals surface area contributed by atoms with E-state index < -0.39 is 12.4 Å². The van der Waals surface area contributed by atoms with Crippen molar-refractivity contribution in [3.05, 3.63) is 28.6 Å². The second-order valence-corrected chi connectivity index (χ2v) is 3.39. The molecular weight excluding hydrogens is 230 g/mol. The van der Waals surface area contributed by atoms with E-state index in [4.69, 9.17) is 10.5 Å². The standard InChI is InChI=1S/C11H14F2N2O2/c1-3-17-11(16)8-4-7(5-14)9(10(12)13)15-6(8)2/h4,10H,3,5,14H2,1-2H3. The van der Waals surface area contributed by atoms with Crippen LogP contribution in [0.3, 0.4) is 0 Å². The molecule has 0 aliphatic carbocycles. The lowest BCUT2D eigenvalue weighted by molar-refractivity contribution is 0.0524. The van der Waals surface area contributed by atoms with E-state index in [9.17, 15) is 13.6 Å². The van der Waals surface area contributed by atoms with Crippen molar-refractivity contribution in [2.24, 2.45) is 5.73 Å². The molecule has 0 amide bonds. The zero-order valence-corrected chi connectivity index (χ0v) is 9.67. The normalized spacial score (nSPS) is 10.7. The highest BCUT2D eigenvalue weighted by Crippen LogP contribution is 2.23. The Morgan fingerprint density at radius 2 is 2.24 bits per heavy atom. The fourth-order valence-electron chi connectivity index (χ4n) is 1.43. The van der Waals surface area contributed by atoms with Gasteiger partial charge in [-0.1, -0.05) is 0 Å². The number of ether oxygens (including phenoxy) is 1. The molecule has 0 atom stereocenters. The number of aromatic nitrogens is 1. The maximum atomic E-state index is 12.6. The summed E-state index contributed by atoms with van der Waals surface area (Å²) in [5.74, 6) is -0.576. The Hall–Kier alpha value is -1.56. The molecule has 0 fully saturated rings. The first kappa shape index (κ1) is 13.5. The molecule has 1 rings (SSSR count). The summed E-state index contributed by atoms with van der Waals surface area (Å²) in [7, 11) is 0. The van der Waals surface area contributed by atoms with Crippen LogP contribution in [0.25, 0.3) is 0 Å². The van der Waals surface area contributed by atoms with Crippen LogP contribution >= 0.6 is 0 Å². The van der Waals surface area contributed by atoms with Gasteiger partial charge >= 0.3 is 5.97 Å². The molecular formula is C11H14F2N2O2. The Bertz CT molecular complexity index is 422. The van der Waals surface area contributed by atoms with E-state index in [1.54, 1.807) is 6.92 Å². The van der Waals surface area contributed by atoms with E-state index in [0.29, 0.717) is 0 Å². The van der Waals surface area contributed by atoms with E-state index in [1.165, 1.54) is 13.0 Å². The minimum atomic E-state index is -2.71. The minimum Gasteiger partial charge on any atom is -0.462 e. The van der Waals surface area contributed by atoms with Gasteiger partial charge in [0, 0.05) is 6.54 Å². The van der Waals surface area contributed by atoms with Gasteiger partial charge in [-0.2, -0.15) is 0 Å². The zero-order valence-electron chi connectivity index (χ0n) is 9.67. The third-order valence-corrected chi connectivity index (χ3v) is 2.25. The van der Waals surface area contributed by atoms with Crippen molar-refractivity contribution in [2.75, 3.05) is 6.61 Å². The summed E-state index contributed by atoms with van der Waals surface area (Å²) in [6.45, 7) is 3.27. The second kappa shape index (κ2) is 5.67. The van der Waals surface area contributed by atoms with Crippen LogP contribution in [0.15, 0.2) is 6.07 Å². The van der Waals surface area contributed by atoms with Gasteiger partial charge in [0.2, 0.25) is 0 Å². The van der Waals surface area contributed by atoms with Crippen molar-refractivity contribution in [3.8, 4) is 0 Å². The predicted octanol–water partition coefficient (Wildman–Crippen LogP) is 1.96. The lowest BCUT2D eigenvalue weighted by Crippen LogP contribution is -2.13. The largest absolute Gasteiger partial charge is 0.462 e. The van der Waals surface area contributed by atoms with Crippen LogP contribution < -0.4 is 5.73 Å². The molecule has 0 unspecified atom stereocenters. The molecule has 0 saturated heterocycles. The monoisotopic (exact) mass is 244 g/mol. The smallest absolute Gasteiger partial charge is 0.339 e. The SMILES string of the molecule is CCOC(=O)c1cc(CN)c(C(F)F)nc1C. The summed E-state index contributed by atoms with van der Waals surface area (Å²) in [4.78, 5) is 15.2. The van der Waals surface area contributed by atoms with Gasteiger partial charge in [0.1, 0.15) is 5.69 Å². The average molecular weight is 244 g/mol. The lowest BCUT2D eigenvalue weighted by atomic mass is 10.1. The van der Waals surface area contributed by atoms with Crippen molar-refractivity contribution < 1.29 is 18.3 Å². The summed E-state index contributed by atoms with van der Waals surface area (Å²) < 4.78 is 30.1. The number of halogens is 2. The topological polar surface area (TPSA) is 65.2 Å². The maximum absolute atomic E-state index is 12.6. The molecule has 0 saturated carbocycles. The molecule has 0 radical (unpaired) electrons. The molecule has 0 aliphatic heterocycles. The van der Waals surface area contributed by atoms with Crippen LogP contribution in [-0.2, 0) is 11.3 Å². The van der Waals surface area contributed by atoms with Crippen molar-refractivity contribution >= 4 is 5.97 Å². The number of esters is 1. The Kier molecular flexibility index (Phi) is 4.51. The maximum Gasteiger partial charge on any atom is 0.339 e. The van der Waals surface area contributed by atoms with Crippen LogP contribution in [-0.4, -0.2) is 17.6 Å².